The summed E-state index contributed by atoms with van der Waals surface area (Å²) in [6.45, 7) is 8.13. The van der Waals surface area contributed by atoms with Crippen LogP contribution in [0.5, 0.6) is 0 Å². The van der Waals surface area contributed by atoms with E-state index in [-0.39, 0.29) is 17.8 Å². The van der Waals surface area contributed by atoms with Crippen molar-refractivity contribution in [1.29, 1.82) is 0 Å². The molecule has 2 nitrogen and oxygen atoms in total. The van der Waals surface area contributed by atoms with Gasteiger partial charge in [0.05, 0.1) is 5.92 Å². The Morgan fingerprint density at radius 3 is 1.67 bits per heavy atom. The summed E-state index contributed by atoms with van der Waals surface area (Å²) in [5.74, 6) is -0.228. The number of aliphatic carboxylic acids is 1. The van der Waals surface area contributed by atoms with Gasteiger partial charge in [0.25, 0.3) is 0 Å². The number of hydrogen-bond donors (Lipinski definition) is 1. The van der Waals surface area contributed by atoms with Crippen LogP contribution < -0.4 is 0 Å². The van der Waals surface area contributed by atoms with Crippen molar-refractivity contribution in [1.82, 2.24) is 0 Å². The molecule has 0 saturated heterocycles. The molecule has 0 radical (unpaired) electrons. The van der Waals surface area contributed by atoms with Gasteiger partial charge >= 0.3 is 5.97 Å². The van der Waals surface area contributed by atoms with Crippen LogP contribution in [0.15, 0.2) is 0 Å². The smallest absolute Gasteiger partial charge is 0.307 e. The Balaban J connectivity index is 4.32. The van der Waals surface area contributed by atoms with Gasteiger partial charge in [0.15, 0.2) is 0 Å². The van der Waals surface area contributed by atoms with Crippen LogP contribution in [-0.4, -0.2) is 11.1 Å². The Labute approximate surface area is 75.0 Å². The Hall–Kier alpha value is -0.530. The van der Waals surface area contributed by atoms with Crippen LogP contribution in [0.4, 0.5) is 0 Å². The highest BCUT2D eigenvalue weighted by atomic mass is 16.4. The minimum atomic E-state index is -0.640. The molecule has 0 spiro atoms. The third kappa shape index (κ3) is 2.84. The van der Waals surface area contributed by atoms with Gasteiger partial charge in [0, 0.05) is 0 Å². The highest BCUT2D eigenvalue weighted by Gasteiger charge is 2.27. The van der Waals surface area contributed by atoms with Crippen LogP contribution >= 0.6 is 0 Å². The maximum absolute atomic E-state index is 10.9. The summed E-state index contributed by atoms with van der Waals surface area (Å²) in [5.41, 5.74) is 0. The summed E-state index contributed by atoms with van der Waals surface area (Å²) < 4.78 is 0. The van der Waals surface area contributed by atoms with Crippen molar-refractivity contribution < 1.29 is 9.90 Å². The van der Waals surface area contributed by atoms with Gasteiger partial charge in [-0.15, -0.1) is 0 Å². The van der Waals surface area contributed by atoms with Crippen molar-refractivity contribution in [3.05, 3.63) is 0 Å². The lowest BCUT2D eigenvalue weighted by Gasteiger charge is -2.23. The highest BCUT2D eigenvalue weighted by Crippen LogP contribution is 2.25. The first kappa shape index (κ1) is 11.5. The molecule has 2 unspecified atom stereocenters. The van der Waals surface area contributed by atoms with E-state index < -0.39 is 5.97 Å². The monoisotopic (exact) mass is 172 g/mol. The summed E-state index contributed by atoms with van der Waals surface area (Å²) in [7, 11) is 0. The zero-order chi connectivity index (χ0) is 9.72. The van der Waals surface area contributed by atoms with E-state index in [0.717, 1.165) is 12.8 Å². The summed E-state index contributed by atoms with van der Waals surface area (Å²) in [5, 5.41) is 8.98. The third-order valence-electron chi connectivity index (χ3n) is 2.80. The second-order valence-electron chi connectivity index (χ2n) is 3.64. The van der Waals surface area contributed by atoms with E-state index in [1.165, 1.54) is 0 Å². The van der Waals surface area contributed by atoms with Gasteiger partial charge in [-0.2, -0.15) is 0 Å². The van der Waals surface area contributed by atoms with Crippen LogP contribution in [0.3, 0.4) is 0 Å². The second-order valence-corrected chi connectivity index (χ2v) is 3.64. The number of carboxylic acid groups (broad SMARTS) is 1. The van der Waals surface area contributed by atoms with Gasteiger partial charge in [-0.3, -0.25) is 4.79 Å². The molecule has 0 amide bonds. The molecule has 2 atom stereocenters. The Kier molecular flexibility index (Phi) is 4.95. The van der Waals surface area contributed by atoms with Crippen LogP contribution in [-0.2, 0) is 4.79 Å². The number of rotatable bonds is 5. The molecule has 0 heterocycles. The minimum Gasteiger partial charge on any atom is -0.481 e. The molecular weight excluding hydrogens is 152 g/mol. The predicted molar refractivity (Wildman–Crippen MR) is 50.0 cm³/mol. The van der Waals surface area contributed by atoms with E-state index in [0.29, 0.717) is 0 Å². The molecule has 0 bridgehead atoms. The molecular formula is C10H20O2. The standard InChI is InChI=1S/C10H20O2/c1-5-7(3)9(10(11)12)8(4)6-2/h7-9H,5-6H2,1-4H3,(H,11,12). The first-order valence-electron chi connectivity index (χ1n) is 4.77. The molecule has 1 N–H and O–H groups in total. The van der Waals surface area contributed by atoms with Crippen molar-refractivity contribution in [2.24, 2.45) is 17.8 Å². The van der Waals surface area contributed by atoms with Crippen molar-refractivity contribution in [3.63, 3.8) is 0 Å². The molecule has 0 aromatic heterocycles. The van der Waals surface area contributed by atoms with Gasteiger partial charge in [0.2, 0.25) is 0 Å². The molecule has 0 saturated carbocycles. The third-order valence-corrected chi connectivity index (χ3v) is 2.80. The summed E-state index contributed by atoms with van der Waals surface area (Å²) in [4.78, 5) is 10.9. The molecule has 0 aliphatic carbocycles. The van der Waals surface area contributed by atoms with Crippen LogP contribution in [0.25, 0.3) is 0 Å². The van der Waals surface area contributed by atoms with Gasteiger partial charge in [-0.1, -0.05) is 40.5 Å². The van der Waals surface area contributed by atoms with Gasteiger partial charge < -0.3 is 5.11 Å². The molecule has 0 fully saturated rings. The van der Waals surface area contributed by atoms with E-state index in [4.69, 9.17) is 5.11 Å². The molecule has 0 aromatic rings. The van der Waals surface area contributed by atoms with Gasteiger partial charge in [-0.25, -0.2) is 0 Å². The molecule has 12 heavy (non-hydrogen) atoms. The first-order valence-corrected chi connectivity index (χ1v) is 4.77. The van der Waals surface area contributed by atoms with Crippen LogP contribution in [0.1, 0.15) is 40.5 Å². The quantitative estimate of drug-likeness (QED) is 0.692. The Morgan fingerprint density at radius 2 is 1.50 bits per heavy atom. The van der Waals surface area contributed by atoms with Crippen molar-refractivity contribution in [2.75, 3.05) is 0 Å². The fourth-order valence-electron chi connectivity index (χ4n) is 1.56. The number of hydrogen-bond acceptors (Lipinski definition) is 1. The lowest BCUT2D eigenvalue weighted by molar-refractivity contribution is -0.145. The zero-order valence-corrected chi connectivity index (χ0v) is 8.50. The second kappa shape index (κ2) is 5.18. The molecule has 0 rings (SSSR count). The average molecular weight is 172 g/mol. The van der Waals surface area contributed by atoms with E-state index in [9.17, 15) is 4.79 Å². The molecule has 0 aliphatic rings. The van der Waals surface area contributed by atoms with Crippen molar-refractivity contribution in [3.8, 4) is 0 Å². The van der Waals surface area contributed by atoms with Gasteiger partial charge in [-0.05, 0) is 11.8 Å². The largest absolute Gasteiger partial charge is 0.481 e. The maximum Gasteiger partial charge on any atom is 0.307 e. The first-order chi connectivity index (χ1) is 5.54. The van der Waals surface area contributed by atoms with E-state index >= 15 is 0 Å². The maximum atomic E-state index is 10.9. The number of carboxylic acids is 1. The fourth-order valence-corrected chi connectivity index (χ4v) is 1.56. The average Bonchev–Trinajstić information content (AvgIpc) is 2.03. The lowest BCUT2D eigenvalue weighted by atomic mass is 9.81. The predicted octanol–water partition coefficient (Wildman–Crippen LogP) is 2.78. The number of carbonyl (C=O) groups is 1. The highest BCUT2D eigenvalue weighted by molar-refractivity contribution is 5.70. The Bertz CT molecular complexity index is 133. The summed E-state index contributed by atoms with van der Waals surface area (Å²) in [6.07, 6.45) is 1.89. The normalized spacial score (nSPS) is 18.3. The topological polar surface area (TPSA) is 37.3 Å². The minimum absolute atomic E-state index is 0.167. The SMILES string of the molecule is CCC(C)C(C(=O)O)C(C)CC. The fraction of sp³-hybridized carbons (Fsp3) is 0.900. The Morgan fingerprint density at radius 1 is 1.17 bits per heavy atom. The lowest BCUT2D eigenvalue weighted by Crippen LogP contribution is -2.27. The van der Waals surface area contributed by atoms with Crippen molar-refractivity contribution >= 4 is 5.97 Å². The van der Waals surface area contributed by atoms with Crippen molar-refractivity contribution in [2.45, 2.75) is 40.5 Å². The van der Waals surface area contributed by atoms with E-state index in [1.54, 1.807) is 0 Å². The molecule has 0 aliphatic heterocycles. The van der Waals surface area contributed by atoms with Gasteiger partial charge in [0.1, 0.15) is 0 Å². The molecule has 72 valence electrons. The van der Waals surface area contributed by atoms with E-state index in [1.807, 2.05) is 27.7 Å². The molecule has 2 heteroatoms. The van der Waals surface area contributed by atoms with Crippen LogP contribution in [0.2, 0.25) is 0 Å². The molecule has 0 aromatic carbocycles. The van der Waals surface area contributed by atoms with Crippen LogP contribution in [0, 0.1) is 17.8 Å². The van der Waals surface area contributed by atoms with E-state index in [2.05, 4.69) is 0 Å². The summed E-state index contributed by atoms with van der Waals surface area (Å²) >= 11 is 0. The zero-order valence-electron chi connectivity index (χ0n) is 8.50. The summed E-state index contributed by atoms with van der Waals surface area (Å²) in [6, 6.07) is 0.